The predicted molar refractivity (Wildman–Crippen MR) is 120 cm³/mol. The molecule has 11 heteroatoms. The van der Waals surface area contributed by atoms with Crippen LogP contribution in [0, 0.1) is 6.92 Å². The van der Waals surface area contributed by atoms with E-state index < -0.39 is 18.2 Å². The number of oxime groups is 1. The third-order valence-electron chi connectivity index (χ3n) is 4.80. The summed E-state index contributed by atoms with van der Waals surface area (Å²) in [5, 5.41) is 6.84. The van der Waals surface area contributed by atoms with E-state index in [0.717, 1.165) is 10.4 Å². The highest BCUT2D eigenvalue weighted by atomic mass is 35.5. The van der Waals surface area contributed by atoms with Crippen LogP contribution < -0.4 is 5.32 Å². The smallest absolute Gasteiger partial charge is 0.374 e. The standard InChI is InChI=1S/C20H19Cl2F3N2O2S2/c1-10-4-16(31-18(10)11(2)26-17(28)9-30-3)15-8-19(29-27-15,20(23,24)25)12-5-13(21)7-14(22)6-12/h4-7,11H,8-9H2,1-3H3,(H,26,28). The van der Waals surface area contributed by atoms with Gasteiger partial charge in [-0.1, -0.05) is 28.4 Å². The zero-order chi connectivity index (χ0) is 23.0. The molecule has 2 atom stereocenters. The molecule has 1 N–H and O–H groups in total. The van der Waals surface area contributed by atoms with Crippen molar-refractivity contribution in [1.82, 2.24) is 5.32 Å². The van der Waals surface area contributed by atoms with Gasteiger partial charge in [0, 0.05) is 20.5 Å². The lowest BCUT2D eigenvalue weighted by Crippen LogP contribution is -2.42. The number of nitrogens with one attached hydrogen (secondary N) is 1. The summed E-state index contributed by atoms with van der Waals surface area (Å²) in [5.74, 6) is 0.225. The molecule has 2 aromatic rings. The van der Waals surface area contributed by atoms with E-state index in [9.17, 15) is 18.0 Å². The van der Waals surface area contributed by atoms with Crippen LogP contribution in [0.4, 0.5) is 13.2 Å². The fourth-order valence-corrected chi connectivity index (χ4v) is 5.40. The van der Waals surface area contributed by atoms with Crippen LogP contribution in [0.25, 0.3) is 0 Å². The maximum absolute atomic E-state index is 14.2. The lowest BCUT2D eigenvalue weighted by Gasteiger charge is -2.29. The van der Waals surface area contributed by atoms with E-state index in [1.54, 1.807) is 6.07 Å². The number of alkyl halides is 3. The van der Waals surface area contributed by atoms with Gasteiger partial charge >= 0.3 is 6.18 Å². The minimum absolute atomic E-state index is 0.0761. The van der Waals surface area contributed by atoms with Crippen LogP contribution in [0.3, 0.4) is 0 Å². The number of carbonyl (C=O) groups is 1. The number of halogens is 5. The molecule has 1 aliphatic rings. The Morgan fingerprint density at radius 3 is 2.55 bits per heavy atom. The lowest BCUT2D eigenvalue weighted by molar-refractivity contribution is -0.275. The topological polar surface area (TPSA) is 50.7 Å². The molecule has 0 radical (unpaired) electrons. The fourth-order valence-electron chi connectivity index (χ4n) is 3.37. The molecule has 0 spiro atoms. The number of thiophene rings is 1. The fraction of sp³-hybridized carbons (Fsp3) is 0.400. The van der Waals surface area contributed by atoms with Crippen LogP contribution in [0.5, 0.6) is 0 Å². The summed E-state index contributed by atoms with van der Waals surface area (Å²) >= 11 is 14.6. The molecule has 2 heterocycles. The maximum atomic E-state index is 14.2. The van der Waals surface area contributed by atoms with E-state index in [4.69, 9.17) is 28.0 Å². The molecule has 0 bridgehead atoms. The van der Waals surface area contributed by atoms with Crippen LogP contribution in [-0.4, -0.2) is 29.8 Å². The van der Waals surface area contributed by atoms with E-state index in [2.05, 4.69) is 10.5 Å². The van der Waals surface area contributed by atoms with Crippen molar-refractivity contribution in [3.05, 3.63) is 55.2 Å². The summed E-state index contributed by atoms with van der Waals surface area (Å²) in [6, 6.07) is 5.22. The van der Waals surface area contributed by atoms with Gasteiger partial charge in [0.15, 0.2) is 0 Å². The maximum Gasteiger partial charge on any atom is 0.435 e. The number of rotatable bonds is 6. The van der Waals surface area contributed by atoms with E-state index in [-0.39, 0.29) is 33.3 Å². The van der Waals surface area contributed by atoms with Crippen molar-refractivity contribution in [2.24, 2.45) is 5.16 Å². The number of aryl methyl sites for hydroxylation is 1. The molecular weight excluding hydrogens is 492 g/mol. The Kier molecular flexibility index (Phi) is 7.20. The van der Waals surface area contributed by atoms with Gasteiger partial charge in [-0.05, 0) is 49.9 Å². The molecule has 1 amide bonds. The zero-order valence-electron chi connectivity index (χ0n) is 16.8. The van der Waals surface area contributed by atoms with E-state index in [0.29, 0.717) is 10.6 Å². The van der Waals surface area contributed by atoms with Gasteiger partial charge in [0.05, 0.1) is 23.1 Å². The van der Waals surface area contributed by atoms with Gasteiger partial charge in [-0.25, -0.2) is 0 Å². The van der Waals surface area contributed by atoms with E-state index >= 15 is 0 Å². The van der Waals surface area contributed by atoms with Crippen LogP contribution in [0.1, 0.15) is 40.3 Å². The van der Waals surface area contributed by atoms with Crippen LogP contribution in [0.2, 0.25) is 10.0 Å². The Labute approximate surface area is 196 Å². The van der Waals surface area contributed by atoms with Crippen LogP contribution >= 0.6 is 46.3 Å². The number of benzene rings is 1. The molecule has 1 aromatic carbocycles. The summed E-state index contributed by atoms with van der Waals surface area (Å²) < 4.78 is 42.5. The van der Waals surface area contributed by atoms with Crippen molar-refractivity contribution < 1.29 is 22.8 Å². The number of amides is 1. The number of hydrogen-bond acceptors (Lipinski definition) is 5. The van der Waals surface area contributed by atoms with Gasteiger partial charge in [-0.15, -0.1) is 11.3 Å². The molecule has 0 saturated heterocycles. The van der Waals surface area contributed by atoms with E-state index in [1.165, 1.54) is 41.3 Å². The highest BCUT2D eigenvalue weighted by Gasteiger charge is 2.62. The highest BCUT2D eigenvalue weighted by Crippen LogP contribution is 2.50. The van der Waals surface area contributed by atoms with Crippen molar-refractivity contribution in [2.45, 2.75) is 38.1 Å². The first-order valence-electron chi connectivity index (χ1n) is 9.14. The largest absolute Gasteiger partial charge is 0.435 e. The molecule has 4 nitrogen and oxygen atoms in total. The first-order valence-corrected chi connectivity index (χ1v) is 12.1. The van der Waals surface area contributed by atoms with Gasteiger partial charge < -0.3 is 10.2 Å². The predicted octanol–water partition coefficient (Wildman–Crippen LogP) is 6.49. The summed E-state index contributed by atoms with van der Waals surface area (Å²) in [6.45, 7) is 3.68. The van der Waals surface area contributed by atoms with Gasteiger partial charge in [0.25, 0.3) is 5.60 Å². The van der Waals surface area contributed by atoms with Crippen molar-refractivity contribution in [3.63, 3.8) is 0 Å². The molecule has 0 fully saturated rings. The summed E-state index contributed by atoms with van der Waals surface area (Å²) in [5.41, 5.74) is -1.85. The van der Waals surface area contributed by atoms with Gasteiger partial charge in [-0.2, -0.15) is 24.9 Å². The van der Waals surface area contributed by atoms with Crippen LogP contribution in [0.15, 0.2) is 29.4 Å². The van der Waals surface area contributed by atoms with Crippen molar-refractivity contribution >= 4 is 57.9 Å². The third kappa shape index (κ3) is 4.99. The zero-order valence-corrected chi connectivity index (χ0v) is 19.9. The SMILES string of the molecule is CSCC(=O)NC(C)c1sc(C2=NOC(c3cc(Cl)cc(Cl)c3)(C(F)(F)F)C2)cc1C. The van der Waals surface area contributed by atoms with Crippen LogP contribution in [-0.2, 0) is 15.2 Å². The average Bonchev–Trinajstić information content (AvgIpc) is 3.25. The molecular formula is C20H19Cl2F3N2O2S2. The Hall–Kier alpha value is -1.42. The van der Waals surface area contributed by atoms with Crippen molar-refractivity contribution in [3.8, 4) is 0 Å². The Morgan fingerprint density at radius 2 is 1.97 bits per heavy atom. The molecule has 0 aliphatic carbocycles. The normalized spacial score (nSPS) is 19.7. The molecule has 1 aliphatic heterocycles. The van der Waals surface area contributed by atoms with Crippen molar-refractivity contribution in [2.75, 3.05) is 12.0 Å². The second-order valence-electron chi connectivity index (χ2n) is 7.17. The second-order valence-corrected chi connectivity index (χ2v) is 9.99. The van der Waals surface area contributed by atoms with Gasteiger partial charge in [0.1, 0.15) is 5.71 Å². The minimum Gasteiger partial charge on any atom is -0.374 e. The number of nitrogens with zero attached hydrogens (tertiary/aromatic N) is 1. The number of thioether (sulfide) groups is 1. The summed E-state index contributed by atoms with van der Waals surface area (Å²) in [6.07, 6.45) is -3.43. The summed E-state index contributed by atoms with van der Waals surface area (Å²) in [7, 11) is 0. The lowest BCUT2D eigenvalue weighted by atomic mass is 9.88. The molecule has 2 unspecified atom stereocenters. The highest BCUT2D eigenvalue weighted by molar-refractivity contribution is 7.99. The Morgan fingerprint density at radius 1 is 1.32 bits per heavy atom. The average molecular weight is 511 g/mol. The van der Waals surface area contributed by atoms with Gasteiger partial charge in [0.2, 0.25) is 5.91 Å². The second kappa shape index (κ2) is 9.21. The molecule has 1 aromatic heterocycles. The first-order chi connectivity index (χ1) is 14.5. The third-order valence-corrected chi connectivity index (χ3v) is 7.26. The Balaban J connectivity index is 1.90. The molecule has 168 valence electrons. The van der Waals surface area contributed by atoms with Crippen molar-refractivity contribution in [1.29, 1.82) is 0 Å². The molecule has 3 rings (SSSR count). The Bertz CT molecular complexity index is 1010. The minimum atomic E-state index is -4.75. The van der Waals surface area contributed by atoms with E-state index in [1.807, 2.05) is 20.1 Å². The monoisotopic (exact) mass is 510 g/mol. The summed E-state index contributed by atoms with van der Waals surface area (Å²) in [4.78, 5) is 18.3. The number of hydrogen-bond donors (Lipinski definition) is 1. The quantitative estimate of drug-likeness (QED) is 0.483. The molecule has 0 saturated carbocycles. The van der Waals surface area contributed by atoms with Gasteiger partial charge in [-0.3, -0.25) is 4.79 Å². The number of carbonyl (C=O) groups excluding carboxylic acids is 1. The molecule has 31 heavy (non-hydrogen) atoms. The first kappa shape index (κ1) is 24.2.